The second kappa shape index (κ2) is 29.2. The Morgan fingerprint density at radius 3 is 1.09 bits per heavy atom. The molecule has 2 atom stereocenters. The molecule has 2 N–H and O–H groups in total. The highest BCUT2D eigenvalue weighted by Gasteiger charge is 2.24. The number of rotatable bonds is 29. The maximum atomic E-state index is 13.7. The van der Waals surface area contributed by atoms with Crippen LogP contribution >= 0.6 is 0 Å². The second-order valence-electron chi connectivity index (χ2n) is 18.4. The maximum absolute atomic E-state index is 13.7. The molecule has 0 heterocycles. The van der Waals surface area contributed by atoms with E-state index in [1.165, 1.54) is 66.9 Å². The van der Waals surface area contributed by atoms with Gasteiger partial charge in [0.1, 0.15) is 34.5 Å². The van der Waals surface area contributed by atoms with Crippen LogP contribution in [0.5, 0.6) is 57.5 Å². The molecule has 414 valence electrons. The summed E-state index contributed by atoms with van der Waals surface area (Å²) in [4.78, 5) is 54.0. The van der Waals surface area contributed by atoms with Gasteiger partial charge in [0.15, 0.2) is 23.0 Å². The molecule has 0 saturated heterocycles. The van der Waals surface area contributed by atoms with Crippen molar-refractivity contribution in [1.29, 1.82) is 0 Å². The van der Waals surface area contributed by atoms with E-state index in [9.17, 15) is 19.2 Å². The van der Waals surface area contributed by atoms with Crippen LogP contribution < -0.4 is 58.0 Å². The number of benzene rings is 6. The Balaban J connectivity index is 1.04. The topological polar surface area (TPSA) is 185 Å². The SMILES string of the molecule is CCCCC(CC)COc1cc(OC)c(C(=O)Nc2ccc(C(=O)Oc3ccc(-c4ccc(OC(=O)c5ccc(NC(=O)c6cc(OC)c(OCC(CC)CCCC)cc6OC)c(OC)c5)cc4)cc3)cc2OC)cc1OC. The molecule has 6 aromatic carbocycles. The van der Waals surface area contributed by atoms with Gasteiger partial charge in [0.05, 0.1) is 89.5 Å². The quantitative estimate of drug-likeness (QED) is 0.0334. The third kappa shape index (κ3) is 15.4. The molecule has 0 spiro atoms. The summed E-state index contributed by atoms with van der Waals surface area (Å²) in [5.41, 5.74) is 3.05. The molecule has 16 heteroatoms. The largest absolute Gasteiger partial charge is 0.496 e. The number of hydrogen-bond acceptors (Lipinski definition) is 14. The van der Waals surface area contributed by atoms with Gasteiger partial charge < -0.3 is 58.0 Å². The molecule has 2 amide bonds. The monoisotopic (exact) mass is 1070 g/mol. The van der Waals surface area contributed by atoms with Gasteiger partial charge in [0, 0.05) is 24.3 Å². The Hall–Kier alpha value is -8.40. The first-order chi connectivity index (χ1) is 37.8. The molecule has 0 radical (unpaired) electrons. The number of methoxy groups -OCH3 is 6. The van der Waals surface area contributed by atoms with Gasteiger partial charge in [-0.1, -0.05) is 90.5 Å². The van der Waals surface area contributed by atoms with E-state index in [4.69, 9.17) is 47.4 Å². The van der Waals surface area contributed by atoms with Gasteiger partial charge in [-0.3, -0.25) is 9.59 Å². The van der Waals surface area contributed by atoms with E-state index in [1.807, 2.05) is 0 Å². The van der Waals surface area contributed by atoms with Crippen LogP contribution in [-0.2, 0) is 0 Å². The molecule has 0 aliphatic rings. The number of anilines is 2. The molecule has 6 aromatic rings. The lowest BCUT2D eigenvalue weighted by Gasteiger charge is -2.19. The Morgan fingerprint density at radius 1 is 0.410 bits per heavy atom. The summed E-state index contributed by atoms with van der Waals surface area (Å²) < 4.78 is 57.2. The van der Waals surface area contributed by atoms with Crippen LogP contribution in [0.1, 0.15) is 120 Å². The average Bonchev–Trinajstić information content (AvgIpc) is 3.50. The predicted molar refractivity (Wildman–Crippen MR) is 300 cm³/mol. The first kappa shape index (κ1) is 58.9. The van der Waals surface area contributed by atoms with E-state index in [0.29, 0.717) is 82.4 Å². The molecule has 0 aliphatic heterocycles. The number of carbonyl (C=O) groups is 4. The van der Waals surface area contributed by atoms with Crippen LogP contribution in [0, 0.1) is 11.8 Å². The van der Waals surface area contributed by atoms with E-state index in [1.54, 1.807) is 84.9 Å². The van der Waals surface area contributed by atoms with Crippen molar-refractivity contribution in [2.24, 2.45) is 11.8 Å². The number of amides is 2. The zero-order chi connectivity index (χ0) is 56.1. The van der Waals surface area contributed by atoms with Crippen LogP contribution in [0.2, 0.25) is 0 Å². The van der Waals surface area contributed by atoms with Gasteiger partial charge >= 0.3 is 11.9 Å². The smallest absolute Gasteiger partial charge is 0.343 e. The Morgan fingerprint density at radius 2 is 0.769 bits per heavy atom. The van der Waals surface area contributed by atoms with Crippen LogP contribution in [-0.4, -0.2) is 79.6 Å². The van der Waals surface area contributed by atoms with Crippen molar-refractivity contribution in [1.82, 2.24) is 0 Å². The minimum absolute atomic E-state index is 0.189. The van der Waals surface area contributed by atoms with Crippen LogP contribution in [0.3, 0.4) is 0 Å². The van der Waals surface area contributed by atoms with E-state index in [-0.39, 0.29) is 33.8 Å². The van der Waals surface area contributed by atoms with Crippen molar-refractivity contribution in [3.63, 3.8) is 0 Å². The summed E-state index contributed by atoms with van der Waals surface area (Å²) in [6, 6.07) is 29.4. The van der Waals surface area contributed by atoms with Crippen LogP contribution in [0.25, 0.3) is 11.1 Å². The fourth-order valence-corrected chi connectivity index (χ4v) is 8.52. The normalized spacial score (nSPS) is 11.6. The number of carbonyl (C=O) groups excluding carboxylic acids is 4. The van der Waals surface area contributed by atoms with E-state index in [2.05, 4.69) is 38.3 Å². The Labute approximate surface area is 457 Å². The molecular weight excluding hydrogens is 997 g/mol. The molecule has 2 unspecified atom stereocenters. The average molecular weight is 1070 g/mol. The molecule has 0 aromatic heterocycles. The number of esters is 2. The lowest BCUT2D eigenvalue weighted by molar-refractivity contribution is 0.0725. The summed E-state index contributed by atoms with van der Waals surface area (Å²) in [5.74, 6) is 1.90. The molecule has 0 saturated carbocycles. The number of hydrogen-bond donors (Lipinski definition) is 2. The first-order valence-electron chi connectivity index (χ1n) is 26.2. The van der Waals surface area contributed by atoms with Gasteiger partial charge in [0.2, 0.25) is 0 Å². The molecule has 0 aliphatic carbocycles. The van der Waals surface area contributed by atoms with Gasteiger partial charge in [-0.15, -0.1) is 0 Å². The zero-order valence-electron chi connectivity index (χ0n) is 46.3. The Bertz CT molecular complexity index is 2770. The predicted octanol–water partition coefficient (Wildman–Crippen LogP) is 13.5. The fraction of sp³-hybridized carbons (Fsp3) is 0.355. The molecular formula is C62H72N2O14. The lowest BCUT2D eigenvalue weighted by atomic mass is 10.0. The molecule has 6 rings (SSSR count). The van der Waals surface area contributed by atoms with Gasteiger partial charge in [0.25, 0.3) is 11.8 Å². The number of ether oxygens (including phenoxy) is 10. The van der Waals surface area contributed by atoms with Crippen molar-refractivity contribution in [2.45, 2.75) is 79.1 Å². The minimum Gasteiger partial charge on any atom is -0.496 e. The van der Waals surface area contributed by atoms with Crippen molar-refractivity contribution in [2.75, 3.05) is 66.5 Å². The van der Waals surface area contributed by atoms with E-state index >= 15 is 0 Å². The number of nitrogens with one attached hydrogen (secondary N) is 2. The maximum Gasteiger partial charge on any atom is 0.343 e. The molecule has 0 fully saturated rings. The highest BCUT2D eigenvalue weighted by molar-refractivity contribution is 6.08. The molecule has 78 heavy (non-hydrogen) atoms. The van der Waals surface area contributed by atoms with Crippen LogP contribution in [0.4, 0.5) is 11.4 Å². The summed E-state index contributed by atoms with van der Waals surface area (Å²) in [6.45, 7) is 9.65. The summed E-state index contributed by atoms with van der Waals surface area (Å²) in [5, 5.41) is 5.70. The summed E-state index contributed by atoms with van der Waals surface area (Å²) in [6.07, 6.45) is 8.56. The highest BCUT2D eigenvalue weighted by Crippen LogP contribution is 2.39. The molecule has 0 bridgehead atoms. The highest BCUT2D eigenvalue weighted by atomic mass is 16.5. The fourth-order valence-electron chi connectivity index (χ4n) is 8.52. The van der Waals surface area contributed by atoms with E-state index < -0.39 is 23.8 Å². The zero-order valence-corrected chi connectivity index (χ0v) is 46.3. The summed E-state index contributed by atoms with van der Waals surface area (Å²) in [7, 11) is 8.84. The van der Waals surface area contributed by atoms with Crippen molar-refractivity contribution in [3.8, 4) is 68.6 Å². The van der Waals surface area contributed by atoms with Gasteiger partial charge in [-0.05, 0) is 96.5 Å². The van der Waals surface area contributed by atoms with Crippen molar-refractivity contribution >= 4 is 35.1 Å². The second-order valence-corrected chi connectivity index (χ2v) is 18.4. The van der Waals surface area contributed by atoms with Gasteiger partial charge in [-0.2, -0.15) is 0 Å². The van der Waals surface area contributed by atoms with E-state index in [0.717, 1.165) is 62.5 Å². The standard InChI is InChI=1S/C62H72N2O14/c1-11-15-17-39(13-3)37-75-57-35-51(69-5)47(33-55(57)73-9)59(65)63-49-29-23-43(31-53(49)71-7)61(67)77-45-25-19-41(20-26-45)42-21-27-46(28-22-42)78-62(68)44-24-30-50(54(32-44)72-8)64-60(66)48-34-56(74-10)58(36-52(48)70-6)76-38-40(14-4)18-16-12-2/h19-36,39-40H,11-18,37-38H2,1-10H3,(H,63,65)(H,64,66). The number of unbranched alkanes of at least 4 members (excludes halogenated alkanes) is 2. The first-order valence-corrected chi connectivity index (χ1v) is 26.2. The minimum atomic E-state index is -0.643. The lowest BCUT2D eigenvalue weighted by Crippen LogP contribution is -2.16. The van der Waals surface area contributed by atoms with Crippen molar-refractivity contribution < 1.29 is 66.5 Å². The summed E-state index contributed by atoms with van der Waals surface area (Å²) >= 11 is 0. The molecule has 16 nitrogen and oxygen atoms in total. The van der Waals surface area contributed by atoms with Crippen molar-refractivity contribution in [3.05, 3.63) is 131 Å². The third-order valence-electron chi connectivity index (χ3n) is 13.3. The Kier molecular flexibility index (Phi) is 22.0. The van der Waals surface area contributed by atoms with Crippen LogP contribution in [0.15, 0.2) is 109 Å². The van der Waals surface area contributed by atoms with Gasteiger partial charge in [-0.25, -0.2) is 9.59 Å². The third-order valence-corrected chi connectivity index (χ3v) is 13.3.